The van der Waals surface area contributed by atoms with Crippen molar-refractivity contribution < 1.29 is 4.79 Å². The Bertz CT molecular complexity index is 635. The lowest BCUT2D eigenvalue weighted by Gasteiger charge is -2.17. The van der Waals surface area contributed by atoms with Crippen LogP contribution in [0.1, 0.15) is 26.7 Å². The molecule has 0 aliphatic heterocycles. The molecular formula is C15H18ClN3O. The van der Waals surface area contributed by atoms with E-state index in [0.29, 0.717) is 23.6 Å². The molecule has 4 nitrogen and oxygen atoms in total. The summed E-state index contributed by atoms with van der Waals surface area (Å²) >= 11 is 6.06. The molecule has 0 spiro atoms. The molecule has 0 aliphatic rings. The summed E-state index contributed by atoms with van der Waals surface area (Å²) in [5.74, 6) is -0.0854. The molecule has 5 heteroatoms. The van der Waals surface area contributed by atoms with E-state index in [9.17, 15) is 4.79 Å². The van der Waals surface area contributed by atoms with Gasteiger partial charge in [0.2, 0.25) is 5.91 Å². The van der Waals surface area contributed by atoms with Crippen LogP contribution >= 0.6 is 11.6 Å². The number of carbonyl (C=O) groups is 1. The quantitative estimate of drug-likeness (QED) is 0.908. The molecule has 1 aromatic carbocycles. The van der Waals surface area contributed by atoms with Gasteiger partial charge in [0.1, 0.15) is 0 Å². The van der Waals surface area contributed by atoms with E-state index >= 15 is 0 Å². The zero-order valence-electron chi connectivity index (χ0n) is 11.6. The maximum Gasteiger partial charge on any atom is 0.224 e. The van der Waals surface area contributed by atoms with E-state index in [4.69, 9.17) is 17.3 Å². The predicted molar refractivity (Wildman–Crippen MR) is 82.9 cm³/mol. The third kappa shape index (κ3) is 3.92. The summed E-state index contributed by atoms with van der Waals surface area (Å²) in [5.41, 5.74) is 6.89. The number of halogens is 1. The number of amides is 1. The van der Waals surface area contributed by atoms with Crippen molar-refractivity contribution in [3.63, 3.8) is 0 Å². The Labute approximate surface area is 123 Å². The molecule has 1 heterocycles. The molecule has 0 unspecified atom stereocenters. The second-order valence-electron chi connectivity index (χ2n) is 5.57. The summed E-state index contributed by atoms with van der Waals surface area (Å²) in [4.78, 5) is 16.3. The standard InChI is InChI=1S/C15H18ClN3O/c1-15(2,17)6-5-13(20)19-12-9-11(16)8-10-4-3-7-18-14(10)12/h3-4,7-9H,5-6,17H2,1-2H3,(H,19,20). The molecule has 0 bridgehead atoms. The summed E-state index contributed by atoms with van der Waals surface area (Å²) in [7, 11) is 0. The number of nitrogens with zero attached hydrogens (tertiary/aromatic N) is 1. The molecule has 0 atom stereocenters. The number of hydrogen-bond acceptors (Lipinski definition) is 3. The van der Waals surface area contributed by atoms with Crippen molar-refractivity contribution in [3.8, 4) is 0 Å². The summed E-state index contributed by atoms with van der Waals surface area (Å²) in [6.45, 7) is 3.80. The summed E-state index contributed by atoms with van der Waals surface area (Å²) in [5, 5.41) is 4.32. The van der Waals surface area contributed by atoms with Gasteiger partial charge < -0.3 is 11.1 Å². The van der Waals surface area contributed by atoms with Crippen molar-refractivity contribution in [2.24, 2.45) is 5.73 Å². The van der Waals surface area contributed by atoms with Gasteiger partial charge in [-0.05, 0) is 38.5 Å². The molecule has 2 aromatic rings. The van der Waals surface area contributed by atoms with Crippen LogP contribution in [-0.2, 0) is 4.79 Å². The predicted octanol–water partition coefficient (Wildman–Crippen LogP) is 3.34. The van der Waals surface area contributed by atoms with Crippen LogP contribution in [0, 0.1) is 0 Å². The normalized spacial score (nSPS) is 11.6. The number of benzene rings is 1. The van der Waals surface area contributed by atoms with E-state index in [1.807, 2.05) is 32.0 Å². The first kappa shape index (κ1) is 14.8. The second kappa shape index (κ2) is 5.77. The van der Waals surface area contributed by atoms with Crippen LogP contribution < -0.4 is 11.1 Å². The minimum Gasteiger partial charge on any atom is -0.326 e. The number of anilines is 1. The SMILES string of the molecule is CC(C)(N)CCC(=O)Nc1cc(Cl)cc2cccnc12. The highest BCUT2D eigenvalue weighted by Crippen LogP contribution is 2.26. The van der Waals surface area contributed by atoms with Crippen LogP contribution in [0.5, 0.6) is 0 Å². The van der Waals surface area contributed by atoms with E-state index < -0.39 is 0 Å². The van der Waals surface area contributed by atoms with Gasteiger partial charge in [-0.1, -0.05) is 17.7 Å². The number of pyridine rings is 1. The van der Waals surface area contributed by atoms with Gasteiger partial charge in [0, 0.05) is 28.6 Å². The maximum absolute atomic E-state index is 12.0. The Morgan fingerprint density at radius 1 is 1.45 bits per heavy atom. The molecule has 0 fully saturated rings. The average Bonchev–Trinajstić information content (AvgIpc) is 2.35. The van der Waals surface area contributed by atoms with Crippen molar-refractivity contribution in [2.75, 3.05) is 5.32 Å². The molecule has 20 heavy (non-hydrogen) atoms. The third-order valence-corrected chi connectivity index (χ3v) is 3.16. The van der Waals surface area contributed by atoms with Gasteiger partial charge in [0.15, 0.2) is 0 Å². The number of hydrogen-bond donors (Lipinski definition) is 2. The van der Waals surface area contributed by atoms with E-state index in [1.165, 1.54) is 0 Å². The molecule has 3 N–H and O–H groups in total. The zero-order chi connectivity index (χ0) is 14.8. The molecule has 0 aliphatic carbocycles. The first-order chi connectivity index (χ1) is 9.35. The molecular weight excluding hydrogens is 274 g/mol. The topological polar surface area (TPSA) is 68.0 Å². The van der Waals surface area contributed by atoms with Crippen molar-refractivity contribution in [2.45, 2.75) is 32.2 Å². The van der Waals surface area contributed by atoms with Gasteiger partial charge in [-0.25, -0.2) is 0 Å². The molecule has 2 rings (SSSR count). The Hall–Kier alpha value is -1.65. The number of rotatable bonds is 4. The highest BCUT2D eigenvalue weighted by atomic mass is 35.5. The summed E-state index contributed by atoms with van der Waals surface area (Å²) in [6.07, 6.45) is 2.67. The van der Waals surface area contributed by atoms with Gasteiger partial charge in [-0.2, -0.15) is 0 Å². The molecule has 0 radical (unpaired) electrons. The first-order valence-electron chi connectivity index (χ1n) is 6.48. The van der Waals surface area contributed by atoms with Crippen molar-refractivity contribution in [1.29, 1.82) is 0 Å². The van der Waals surface area contributed by atoms with E-state index in [-0.39, 0.29) is 11.4 Å². The van der Waals surface area contributed by atoms with Gasteiger partial charge >= 0.3 is 0 Å². The Morgan fingerprint density at radius 2 is 2.20 bits per heavy atom. The highest BCUT2D eigenvalue weighted by Gasteiger charge is 2.14. The number of carbonyl (C=O) groups excluding carboxylic acids is 1. The van der Waals surface area contributed by atoms with Crippen molar-refractivity contribution >= 4 is 34.1 Å². The van der Waals surface area contributed by atoms with Gasteiger partial charge in [-0.15, -0.1) is 0 Å². The number of aromatic nitrogens is 1. The lowest BCUT2D eigenvalue weighted by atomic mass is 10.00. The summed E-state index contributed by atoms with van der Waals surface area (Å²) < 4.78 is 0. The fourth-order valence-corrected chi connectivity index (χ4v) is 2.13. The lowest BCUT2D eigenvalue weighted by Crippen LogP contribution is -2.33. The maximum atomic E-state index is 12.0. The Balaban J connectivity index is 2.19. The Morgan fingerprint density at radius 3 is 2.90 bits per heavy atom. The van der Waals surface area contributed by atoms with Crippen LogP contribution in [0.15, 0.2) is 30.5 Å². The van der Waals surface area contributed by atoms with E-state index in [0.717, 1.165) is 10.9 Å². The van der Waals surface area contributed by atoms with Crippen LogP contribution in [-0.4, -0.2) is 16.4 Å². The molecule has 106 valence electrons. The molecule has 1 amide bonds. The van der Waals surface area contributed by atoms with E-state index in [2.05, 4.69) is 10.3 Å². The first-order valence-corrected chi connectivity index (χ1v) is 6.86. The second-order valence-corrected chi connectivity index (χ2v) is 6.00. The fourth-order valence-electron chi connectivity index (χ4n) is 1.90. The lowest BCUT2D eigenvalue weighted by molar-refractivity contribution is -0.116. The van der Waals surface area contributed by atoms with Crippen molar-refractivity contribution in [1.82, 2.24) is 4.98 Å². The highest BCUT2D eigenvalue weighted by molar-refractivity contribution is 6.32. The minimum absolute atomic E-state index is 0.0854. The Kier molecular flexibility index (Phi) is 4.26. The van der Waals surface area contributed by atoms with Gasteiger partial charge in [0.25, 0.3) is 0 Å². The van der Waals surface area contributed by atoms with Crippen LogP contribution in [0.4, 0.5) is 5.69 Å². The smallest absolute Gasteiger partial charge is 0.224 e. The van der Waals surface area contributed by atoms with Crippen LogP contribution in [0.2, 0.25) is 5.02 Å². The number of nitrogens with one attached hydrogen (secondary N) is 1. The zero-order valence-corrected chi connectivity index (χ0v) is 12.4. The largest absolute Gasteiger partial charge is 0.326 e. The van der Waals surface area contributed by atoms with Gasteiger partial charge in [0.05, 0.1) is 11.2 Å². The molecule has 0 saturated carbocycles. The minimum atomic E-state index is -0.355. The average molecular weight is 292 g/mol. The summed E-state index contributed by atoms with van der Waals surface area (Å²) in [6, 6.07) is 7.28. The third-order valence-electron chi connectivity index (χ3n) is 2.94. The van der Waals surface area contributed by atoms with Gasteiger partial charge in [-0.3, -0.25) is 9.78 Å². The van der Waals surface area contributed by atoms with E-state index in [1.54, 1.807) is 12.3 Å². The monoisotopic (exact) mass is 291 g/mol. The van der Waals surface area contributed by atoms with Crippen molar-refractivity contribution in [3.05, 3.63) is 35.5 Å². The fraction of sp³-hybridized carbons (Fsp3) is 0.333. The van der Waals surface area contributed by atoms with Crippen LogP contribution in [0.25, 0.3) is 10.9 Å². The van der Waals surface area contributed by atoms with Crippen LogP contribution in [0.3, 0.4) is 0 Å². The molecule has 0 saturated heterocycles. The number of nitrogens with two attached hydrogens (primary N) is 1. The molecule has 1 aromatic heterocycles. The number of fused-ring (bicyclic) bond motifs is 1.